The Morgan fingerprint density at radius 1 is 1.40 bits per heavy atom. The summed E-state index contributed by atoms with van der Waals surface area (Å²) in [5.41, 5.74) is 0. The van der Waals surface area contributed by atoms with Gasteiger partial charge >= 0.3 is 0 Å². The smallest absolute Gasteiger partial charge is 0.236 e. The highest BCUT2D eigenvalue weighted by molar-refractivity contribution is 5.78. The fourth-order valence-electron chi connectivity index (χ4n) is 1.61. The number of nitrogens with zero attached hydrogens (tertiary/aromatic N) is 1. The van der Waals surface area contributed by atoms with Gasteiger partial charge in [0.2, 0.25) is 5.91 Å². The number of carbonyl (C=O) groups excluding carboxylic acids is 1. The van der Waals surface area contributed by atoms with Crippen LogP contribution in [0.2, 0.25) is 0 Å². The zero-order chi connectivity index (χ0) is 11.4. The topological polar surface area (TPSA) is 32.3 Å². The molecule has 0 heterocycles. The molecule has 1 saturated carbocycles. The van der Waals surface area contributed by atoms with Gasteiger partial charge in [-0.3, -0.25) is 4.79 Å². The van der Waals surface area contributed by atoms with E-state index in [1.54, 1.807) is 4.90 Å². The molecule has 1 N–H and O–H groups in total. The molecule has 3 heteroatoms. The molecule has 0 aromatic heterocycles. The second-order valence-electron chi connectivity index (χ2n) is 5.06. The summed E-state index contributed by atoms with van der Waals surface area (Å²) < 4.78 is 0. The zero-order valence-corrected chi connectivity index (χ0v) is 10.4. The number of carbonyl (C=O) groups is 1. The third-order valence-corrected chi connectivity index (χ3v) is 3.15. The second-order valence-corrected chi connectivity index (χ2v) is 5.06. The van der Waals surface area contributed by atoms with E-state index >= 15 is 0 Å². The number of nitrogens with one attached hydrogen (secondary N) is 1. The summed E-state index contributed by atoms with van der Waals surface area (Å²) >= 11 is 0. The normalized spacial score (nSPS) is 17.9. The van der Waals surface area contributed by atoms with Crippen LogP contribution in [0, 0.1) is 5.92 Å². The van der Waals surface area contributed by atoms with Gasteiger partial charge in [0, 0.05) is 19.1 Å². The molecule has 0 aromatic rings. The average Bonchev–Trinajstić information content (AvgIpc) is 2.96. The Balaban J connectivity index is 2.14. The Kier molecular flexibility index (Phi) is 4.58. The fraction of sp³-hybridized carbons (Fsp3) is 0.917. The molecule has 0 saturated heterocycles. The first kappa shape index (κ1) is 12.5. The highest BCUT2D eigenvalue weighted by Gasteiger charge is 2.23. The Morgan fingerprint density at radius 2 is 2.00 bits per heavy atom. The first-order valence-electron chi connectivity index (χ1n) is 5.99. The average molecular weight is 212 g/mol. The molecule has 0 spiro atoms. The van der Waals surface area contributed by atoms with E-state index in [1.165, 1.54) is 19.3 Å². The molecule has 0 aromatic carbocycles. The molecular weight excluding hydrogens is 188 g/mol. The lowest BCUT2D eigenvalue weighted by molar-refractivity contribution is -0.130. The predicted molar refractivity (Wildman–Crippen MR) is 62.7 cm³/mol. The van der Waals surface area contributed by atoms with Gasteiger partial charge in [-0.2, -0.15) is 0 Å². The summed E-state index contributed by atoms with van der Waals surface area (Å²) in [6.45, 7) is 6.71. The third-order valence-electron chi connectivity index (χ3n) is 3.15. The Labute approximate surface area is 93.2 Å². The Bertz CT molecular complexity index is 212. The van der Waals surface area contributed by atoms with Crippen molar-refractivity contribution in [3.63, 3.8) is 0 Å². The maximum absolute atomic E-state index is 11.7. The fourth-order valence-corrected chi connectivity index (χ4v) is 1.61. The lowest BCUT2D eigenvalue weighted by Crippen LogP contribution is -2.42. The Morgan fingerprint density at radius 3 is 2.47 bits per heavy atom. The van der Waals surface area contributed by atoms with Crippen LogP contribution in [-0.2, 0) is 4.79 Å². The van der Waals surface area contributed by atoms with Gasteiger partial charge in [0.05, 0.1) is 6.54 Å². The van der Waals surface area contributed by atoms with E-state index in [-0.39, 0.29) is 11.9 Å². The number of likely N-dealkylation sites (N-methyl/N-ethyl adjacent to an activating group) is 1. The number of rotatable bonds is 6. The first-order valence-corrected chi connectivity index (χ1v) is 5.99. The minimum atomic E-state index is 0.188. The standard InChI is InChI=1S/C12H24N2O/c1-9(2)14(4)12(15)8-13-10(3)7-11-5-6-11/h9-11,13H,5-8H2,1-4H3. The zero-order valence-electron chi connectivity index (χ0n) is 10.4. The lowest BCUT2D eigenvalue weighted by Gasteiger charge is -2.22. The number of amides is 1. The van der Waals surface area contributed by atoms with Crippen LogP contribution in [0.15, 0.2) is 0 Å². The van der Waals surface area contributed by atoms with Gasteiger partial charge in [-0.1, -0.05) is 12.8 Å². The number of hydrogen-bond donors (Lipinski definition) is 1. The Hall–Kier alpha value is -0.570. The van der Waals surface area contributed by atoms with E-state index in [4.69, 9.17) is 0 Å². The van der Waals surface area contributed by atoms with Gasteiger partial charge in [0.15, 0.2) is 0 Å². The van der Waals surface area contributed by atoms with Crippen molar-refractivity contribution in [3.05, 3.63) is 0 Å². The molecule has 88 valence electrons. The summed E-state index contributed by atoms with van der Waals surface area (Å²) in [5, 5.41) is 3.30. The molecule has 15 heavy (non-hydrogen) atoms. The molecule has 0 radical (unpaired) electrons. The lowest BCUT2D eigenvalue weighted by atomic mass is 10.1. The molecule has 1 unspecified atom stereocenters. The van der Waals surface area contributed by atoms with Gasteiger partial charge in [-0.15, -0.1) is 0 Å². The van der Waals surface area contributed by atoms with Gasteiger partial charge in [-0.25, -0.2) is 0 Å². The minimum Gasteiger partial charge on any atom is -0.342 e. The van der Waals surface area contributed by atoms with Crippen LogP contribution in [0.5, 0.6) is 0 Å². The van der Waals surface area contributed by atoms with Gasteiger partial charge in [0.1, 0.15) is 0 Å². The van der Waals surface area contributed by atoms with Gasteiger partial charge < -0.3 is 10.2 Å². The van der Waals surface area contributed by atoms with E-state index in [0.717, 1.165) is 5.92 Å². The van der Waals surface area contributed by atoms with Crippen LogP contribution >= 0.6 is 0 Å². The molecule has 1 amide bonds. The summed E-state index contributed by atoms with van der Waals surface area (Å²) in [6, 6.07) is 0.764. The summed E-state index contributed by atoms with van der Waals surface area (Å²) in [5.74, 6) is 1.11. The maximum Gasteiger partial charge on any atom is 0.236 e. The van der Waals surface area contributed by atoms with Crippen molar-refractivity contribution in [2.75, 3.05) is 13.6 Å². The van der Waals surface area contributed by atoms with Crippen molar-refractivity contribution in [2.24, 2.45) is 5.92 Å². The largest absolute Gasteiger partial charge is 0.342 e. The summed E-state index contributed by atoms with van der Waals surface area (Å²) in [4.78, 5) is 13.4. The SMILES string of the molecule is CC(CC1CC1)NCC(=O)N(C)C(C)C. The maximum atomic E-state index is 11.7. The van der Waals surface area contributed by atoms with Crippen molar-refractivity contribution < 1.29 is 4.79 Å². The minimum absolute atomic E-state index is 0.188. The first-order chi connectivity index (χ1) is 7.00. The quantitative estimate of drug-likeness (QED) is 0.726. The van der Waals surface area contributed by atoms with Crippen molar-refractivity contribution in [1.29, 1.82) is 0 Å². The molecule has 1 fully saturated rings. The van der Waals surface area contributed by atoms with Crippen LogP contribution in [0.4, 0.5) is 0 Å². The van der Waals surface area contributed by atoms with E-state index in [1.807, 2.05) is 20.9 Å². The summed E-state index contributed by atoms with van der Waals surface area (Å²) in [6.07, 6.45) is 3.98. The molecule has 0 bridgehead atoms. The van der Waals surface area contributed by atoms with Crippen molar-refractivity contribution in [2.45, 2.75) is 52.1 Å². The van der Waals surface area contributed by atoms with E-state index in [0.29, 0.717) is 12.6 Å². The molecular formula is C12H24N2O. The van der Waals surface area contributed by atoms with Crippen LogP contribution < -0.4 is 5.32 Å². The third kappa shape index (κ3) is 4.65. The molecule has 0 aliphatic heterocycles. The van der Waals surface area contributed by atoms with E-state index < -0.39 is 0 Å². The summed E-state index contributed by atoms with van der Waals surface area (Å²) in [7, 11) is 1.86. The molecule has 1 rings (SSSR count). The monoisotopic (exact) mass is 212 g/mol. The van der Waals surface area contributed by atoms with E-state index in [9.17, 15) is 4.79 Å². The molecule has 1 aliphatic carbocycles. The van der Waals surface area contributed by atoms with Crippen LogP contribution in [0.1, 0.15) is 40.0 Å². The van der Waals surface area contributed by atoms with Crippen molar-refractivity contribution >= 4 is 5.91 Å². The van der Waals surface area contributed by atoms with E-state index in [2.05, 4.69) is 12.2 Å². The van der Waals surface area contributed by atoms with Crippen LogP contribution in [0.25, 0.3) is 0 Å². The molecule has 1 atom stereocenters. The number of hydrogen-bond acceptors (Lipinski definition) is 2. The van der Waals surface area contributed by atoms with Gasteiger partial charge in [-0.05, 0) is 33.1 Å². The van der Waals surface area contributed by atoms with Crippen molar-refractivity contribution in [1.82, 2.24) is 10.2 Å². The predicted octanol–water partition coefficient (Wildman–Crippen LogP) is 1.63. The molecule has 3 nitrogen and oxygen atoms in total. The highest BCUT2D eigenvalue weighted by Crippen LogP contribution is 2.33. The second kappa shape index (κ2) is 5.50. The van der Waals surface area contributed by atoms with Crippen molar-refractivity contribution in [3.8, 4) is 0 Å². The van der Waals surface area contributed by atoms with Crippen LogP contribution in [0.3, 0.4) is 0 Å². The molecule has 1 aliphatic rings. The van der Waals surface area contributed by atoms with Crippen LogP contribution in [-0.4, -0.2) is 36.5 Å². The highest BCUT2D eigenvalue weighted by atomic mass is 16.2. The van der Waals surface area contributed by atoms with Gasteiger partial charge in [0.25, 0.3) is 0 Å².